The van der Waals surface area contributed by atoms with Crippen molar-refractivity contribution in [3.63, 3.8) is 0 Å². The summed E-state index contributed by atoms with van der Waals surface area (Å²) >= 11 is 0. The van der Waals surface area contributed by atoms with Crippen molar-refractivity contribution in [3.8, 4) is 11.5 Å². The number of rotatable bonds is 6. The molecule has 0 unspecified atom stereocenters. The molecule has 2 atom stereocenters. The van der Waals surface area contributed by atoms with Gasteiger partial charge < -0.3 is 19.6 Å². The van der Waals surface area contributed by atoms with Gasteiger partial charge in [0.2, 0.25) is 0 Å². The maximum absolute atomic E-state index is 11.8. The molecule has 3 aromatic rings. The molecule has 1 aliphatic heterocycles. The van der Waals surface area contributed by atoms with Gasteiger partial charge >= 0.3 is 5.97 Å². The number of aliphatic carboxylic acids is 1. The van der Waals surface area contributed by atoms with Crippen molar-refractivity contribution < 1.29 is 19.4 Å². The minimum atomic E-state index is -0.857. The number of fused-ring (bicyclic) bond motifs is 3. The molecule has 1 aliphatic rings. The van der Waals surface area contributed by atoms with E-state index in [-0.39, 0.29) is 6.04 Å². The molecule has 4 rings (SSSR count). The largest absolute Gasteiger partial charge is 0.494 e. The van der Waals surface area contributed by atoms with E-state index in [4.69, 9.17) is 9.47 Å². The van der Waals surface area contributed by atoms with Crippen LogP contribution >= 0.6 is 0 Å². The standard InChI is InChI=1S/C22H24N2O4/c1-3-27-13-9-10-15(19(11-13)28-4-2)20-21-16(12-18(24-20)22(25)26)14-7-5-6-8-17(14)23-21/h5-11,18,20,23-24H,3-4,12H2,1-2H3,(H,25,26)/t18-,20-/m0/s1. The number of benzene rings is 2. The first-order valence-corrected chi connectivity index (χ1v) is 9.60. The van der Waals surface area contributed by atoms with Crippen molar-refractivity contribution >= 4 is 16.9 Å². The van der Waals surface area contributed by atoms with Gasteiger partial charge in [-0.3, -0.25) is 10.1 Å². The van der Waals surface area contributed by atoms with Crippen LogP contribution in [0.1, 0.15) is 36.7 Å². The summed E-state index contributed by atoms with van der Waals surface area (Å²) in [5.41, 5.74) is 3.94. The minimum absolute atomic E-state index is 0.311. The van der Waals surface area contributed by atoms with E-state index >= 15 is 0 Å². The first-order chi connectivity index (χ1) is 13.6. The number of para-hydroxylation sites is 1. The number of hydrogen-bond donors (Lipinski definition) is 3. The molecule has 6 heteroatoms. The lowest BCUT2D eigenvalue weighted by atomic mass is 9.90. The van der Waals surface area contributed by atoms with Gasteiger partial charge in [-0.25, -0.2) is 0 Å². The van der Waals surface area contributed by atoms with E-state index in [0.29, 0.717) is 25.4 Å². The normalized spacial score (nSPS) is 18.6. The zero-order valence-electron chi connectivity index (χ0n) is 16.0. The second-order valence-corrected chi connectivity index (χ2v) is 6.82. The second-order valence-electron chi connectivity index (χ2n) is 6.82. The predicted octanol–water partition coefficient (Wildman–Crippen LogP) is 3.65. The summed E-state index contributed by atoms with van der Waals surface area (Å²) in [6.45, 7) is 4.95. The van der Waals surface area contributed by atoms with Crippen molar-refractivity contribution in [1.29, 1.82) is 0 Å². The predicted molar refractivity (Wildman–Crippen MR) is 107 cm³/mol. The van der Waals surface area contributed by atoms with E-state index in [0.717, 1.165) is 33.5 Å². The van der Waals surface area contributed by atoms with Crippen molar-refractivity contribution in [2.24, 2.45) is 0 Å². The number of carboxylic acids is 1. The third kappa shape index (κ3) is 3.20. The minimum Gasteiger partial charge on any atom is -0.494 e. The van der Waals surface area contributed by atoms with Gasteiger partial charge in [0.1, 0.15) is 17.5 Å². The number of H-pyrrole nitrogens is 1. The number of carboxylic acid groups (broad SMARTS) is 1. The van der Waals surface area contributed by atoms with Gasteiger partial charge in [0.05, 0.1) is 19.3 Å². The van der Waals surface area contributed by atoms with Crippen LogP contribution in [-0.2, 0) is 11.2 Å². The third-order valence-corrected chi connectivity index (χ3v) is 5.12. The highest BCUT2D eigenvalue weighted by molar-refractivity contribution is 5.87. The zero-order valence-corrected chi connectivity index (χ0v) is 16.0. The van der Waals surface area contributed by atoms with Gasteiger partial charge in [-0.1, -0.05) is 18.2 Å². The van der Waals surface area contributed by atoms with Crippen LogP contribution in [0.2, 0.25) is 0 Å². The zero-order chi connectivity index (χ0) is 19.7. The highest BCUT2D eigenvalue weighted by Crippen LogP contribution is 2.39. The summed E-state index contributed by atoms with van der Waals surface area (Å²) in [4.78, 5) is 15.3. The van der Waals surface area contributed by atoms with Crippen molar-refractivity contribution in [1.82, 2.24) is 10.3 Å². The Morgan fingerprint density at radius 3 is 2.68 bits per heavy atom. The Morgan fingerprint density at radius 2 is 1.93 bits per heavy atom. The van der Waals surface area contributed by atoms with Gasteiger partial charge in [-0.15, -0.1) is 0 Å². The molecule has 0 saturated heterocycles. The van der Waals surface area contributed by atoms with Gasteiger partial charge in [-0.2, -0.15) is 0 Å². The SMILES string of the molecule is CCOc1ccc([C@@H]2N[C@H](C(=O)O)Cc3c2[nH]c2ccccc32)c(OCC)c1. The maximum atomic E-state index is 11.8. The number of nitrogens with one attached hydrogen (secondary N) is 2. The van der Waals surface area contributed by atoms with Crippen LogP contribution in [0.25, 0.3) is 10.9 Å². The van der Waals surface area contributed by atoms with E-state index < -0.39 is 12.0 Å². The summed E-state index contributed by atoms with van der Waals surface area (Å²) in [6, 6.07) is 12.7. The third-order valence-electron chi connectivity index (χ3n) is 5.12. The molecule has 1 aromatic heterocycles. The number of aromatic amines is 1. The molecule has 0 saturated carbocycles. The summed E-state index contributed by atoms with van der Waals surface area (Å²) in [6.07, 6.45) is 0.437. The molecule has 146 valence electrons. The van der Waals surface area contributed by atoms with E-state index in [1.807, 2.05) is 56.3 Å². The van der Waals surface area contributed by atoms with Crippen LogP contribution < -0.4 is 14.8 Å². The molecule has 2 heterocycles. The van der Waals surface area contributed by atoms with Crippen LogP contribution in [0.4, 0.5) is 0 Å². The Hall–Kier alpha value is -2.99. The fraction of sp³-hybridized carbons (Fsp3) is 0.318. The van der Waals surface area contributed by atoms with Crippen molar-refractivity contribution in [2.45, 2.75) is 32.4 Å². The van der Waals surface area contributed by atoms with Crippen LogP contribution in [0, 0.1) is 0 Å². The Morgan fingerprint density at radius 1 is 1.14 bits per heavy atom. The van der Waals surface area contributed by atoms with E-state index in [1.54, 1.807) is 0 Å². The molecule has 28 heavy (non-hydrogen) atoms. The number of ether oxygens (including phenoxy) is 2. The van der Waals surface area contributed by atoms with Crippen LogP contribution in [0.15, 0.2) is 42.5 Å². The lowest BCUT2D eigenvalue weighted by Gasteiger charge is -2.30. The fourth-order valence-electron chi connectivity index (χ4n) is 3.93. The quantitative estimate of drug-likeness (QED) is 0.608. The van der Waals surface area contributed by atoms with Crippen LogP contribution in [0.3, 0.4) is 0 Å². The van der Waals surface area contributed by atoms with Gasteiger partial charge in [0, 0.05) is 34.6 Å². The van der Waals surface area contributed by atoms with E-state index in [1.165, 1.54) is 0 Å². The molecule has 6 nitrogen and oxygen atoms in total. The van der Waals surface area contributed by atoms with E-state index in [2.05, 4.69) is 10.3 Å². The van der Waals surface area contributed by atoms with Gasteiger partial charge in [0.15, 0.2) is 0 Å². The van der Waals surface area contributed by atoms with Crippen LogP contribution in [0.5, 0.6) is 11.5 Å². The first-order valence-electron chi connectivity index (χ1n) is 9.60. The number of carbonyl (C=O) groups is 1. The van der Waals surface area contributed by atoms with Crippen molar-refractivity contribution in [3.05, 3.63) is 59.3 Å². The fourth-order valence-corrected chi connectivity index (χ4v) is 3.93. The smallest absolute Gasteiger partial charge is 0.321 e. The maximum Gasteiger partial charge on any atom is 0.321 e. The average molecular weight is 380 g/mol. The Bertz CT molecular complexity index is 1010. The van der Waals surface area contributed by atoms with Gasteiger partial charge in [-0.05, 0) is 37.6 Å². The topological polar surface area (TPSA) is 83.6 Å². The molecule has 0 amide bonds. The molecular weight excluding hydrogens is 356 g/mol. The summed E-state index contributed by atoms with van der Waals surface area (Å²) in [7, 11) is 0. The molecule has 0 radical (unpaired) electrons. The molecule has 0 fully saturated rings. The number of aromatic nitrogens is 1. The second kappa shape index (κ2) is 7.56. The highest BCUT2D eigenvalue weighted by Gasteiger charge is 2.35. The van der Waals surface area contributed by atoms with Gasteiger partial charge in [0.25, 0.3) is 0 Å². The molecule has 3 N–H and O–H groups in total. The Balaban J connectivity index is 1.86. The van der Waals surface area contributed by atoms with Crippen molar-refractivity contribution in [2.75, 3.05) is 13.2 Å². The molecule has 0 bridgehead atoms. The summed E-state index contributed by atoms with van der Waals surface area (Å²) < 4.78 is 11.5. The van der Waals surface area contributed by atoms with Crippen LogP contribution in [-0.4, -0.2) is 35.3 Å². The molecule has 2 aromatic carbocycles. The van der Waals surface area contributed by atoms with E-state index in [9.17, 15) is 9.90 Å². The lowest BCUT2D eigenvalue weighted by molar-refractivity contribution is -0.139. The lowest BCUT2D eigenvalue weighted by Crippen LogP contribution is -2.45. The Kier molecular flexibility index (Phi) is 4.96. The molecular formula is C22H24N2O4. The Labute approximate surface area is 163 Å². The highest BCUT2D eigenvalue weighted by atomic mass is 16.5. The summed E-state index contributed by atoms with van der Waals surface area (Å²) in [5.74, 6) is 0.573. The molecule has 0 spiro atoms. The average Bonchev–Trinajstić information content (AvgIpc) is 3.07. The number of hydrogen-bond acceptors (Lipinski definition) is 4. The summed E-state index contributed by atoms with van der Waals surface area (Å²) in [5, 5.41) is 14.1. The molecule has 0 aliphatic carbocycles. The first kappa shape index (κ1) is 18.4. The monoisotopic (exact) mass is 380 g/mol.